The van der Waals surface area contributed by atoms with Crippen molar-refractivity contribution >= 4 is 22.7 Å². The molecule has 1 aromatic heterocycles. The second kappa shape index (κ2) is 12.3. The van der Waals surface area contributed by atoms with Crippen molar-refractivity contribution in [1.82, 2.24) is 14.8 Å². The summed E-state index contributed by atoms with van der Waals surface area (Å²) >= 11 is 0. The van der Waals surface area contributed by atoms with Gasteiger partial charge < -0.3 is 28.9 Å². The van der Waals surface area contributed by atoms with Gasteiger partial charge >= 0.3 is 6.09 Å². The Hall–Kier alpha value is -3.59. The van der Waals surface area contributed by atoms with E-state index in [1.54, 1.807) is 13.1 Å². The Balaban J connectivity index is 1.53. The molecule has 1 unspecified atom stereocenters. The number of pyridine rings is 1. The number of amides is 1. The zero-order chi connectivity index (χ0) is 29.0. The van der Waals surface area contributed by atoms with Crippen LogP contribution in [0.5, 0.6) is 11.5 Å². The lowest BCUT2D eigenvalue weighted by atomic mass is 10.1. The Morgan fingerprint density at radius 1 is 1.12 bits per heavy atom. The molecular formula is C31H41FN4O4. The Bertz CT molecular complexity index is 1320. The van der Waals surface area contributed by atoms with Crippen molar-refractivity contribution in [3.63, 3.8) is 0 Å². The first-order valence-corrected chi connectivity index (χ1v) is 13.7. The summed E-state index contributed by atoms with van der Waals surface area (Å²) in [5.74, 6) is 1.02. The van der Waals surface area contributed by atoms with E-state index >= 15 is 0 Å². The Morgan fingerprint density at radius 3 is 2.50 bits per heavy atom. The fourth-order valence-electron chi connectivity index (χ4n) is 4.95. The van der Waals surface area contributed by atoms with E-state index in [1.807, 2.05) is 45.0 Å². The van der Waals surface area contributed by atoms with E-state index in [1.165, 1.54) is 18.1 Å². The normalized spacial score (nSPS) is 15.5. The van der Waals surface area contributed by atoms with Gasteiger partial charge in [0.05, 0.1) is 24.9 Å². The monoisotopic (exact) mass is 552 g/mol. The predicted octanol–water partition coefficient (Wildman–Crippen LogP) is 5.68. The average molecular weight is 553 g/mol. The van der Waals surface area contributed by atoms with E-state index in [9.17, 15) is 9.18 Å². The summed E-state index contributed by atoms with van der Waals surface area (Å²) < 4.78 is 31.2. The quantitative estimate of drug-likeness (QED) is 0.338. The first-order chi connectivity index (χ1) is 18.9. The average Bonchev–Trinajstić information content (AvgIpc) is 3.34. The minimum atomic E-state index is -0.541. The van der Waals surface area contributed by atoms with Gasteiger partial charge in [0.25, 0.3) is 0 Å². The fraction of sp³-hybridized carbons (Fsp3) is 0.484. The van der Waals surface area contributed by atoms with Gasteiger partial charge in [0.2, 0.25) is 0 Å². The molecule has 0 spiro atoms. The van der Waals surface area contributed by atoms with Crippen LogP contribution in [0.4, 0.5) is 14.9 Å². The van der Waals surface area contributed by atoms with Crippen LogP contribution in [0, 0.1) is 11.7 Å². The molecule has 0 saturated carbocycles. The van der Waals surface area contributed by atoms with Gasteiger partial charge in [0, 0.05) is 49.4 Å². The lowest BCUT2D eigenvalue weighted by Crippen LogP contribution is -2.36. The van der Waals surface area contributed by atoms with Gasteiger partial charge in [-0.25, -0.2) is 14.2 Å². The zero-order valence-corrected chi connectivity index (χ0v) is 24.7. The number of carbonyl (C=O) groups is 1. The lowest BCUT2D eigenvalue weighted by molar-refractivity contribution is 0.0278. The number of benzene rings is 2. The molecule has 0 aliphatic carbocycles. The number of likely N-dealkylation sites (N-methyl/N-ethyl adjacent to an activating group) is 1. The van der Waals surface area contributed by atoms with E-state index in [-0.39, 0.29) is 11.8 Å². The van der Waals surface area contributed by atoms with Crippen molar-refractivity contribution in [2.24, 2.45) is 5.92 Å². The summed E-state index contributed by atoms with van der Waals surface area (Å²) in [5, 5.41) is 0.779. The van der Waals surface area contributed by atoms with Crippen molar-refractivity contribution in [3.8, 4) is 22.8 Å². The summed E-state index contributed by atoms with van der Waals surface area (Å²) in [6.07, 6.45) is 0.706. The van der Waals surface area contributed by atoms with Crippen LogP contribution < -0.4 is 14.4 Å². The van der Waals surface area contributed by atoms with E-state index in [2.05, 4.69) is 30.0 Å². The molecule has 0 radical (unpaired) electrons. The highest BCUT2D eigenvalue weighted by Gasteiger charge is 2.26. The number of rotatable bonds is 9. The van der Waals surface area contributed by atoms with Gasteiger partial charge in [-0.15, -0.1) is 0 Å². The van der Waals surface area contributed by atoms with Crippen LogP contribution in [0.25, 0.3) is 22.2 Å². The second-order valence-electron chi connectivity index (χ2n) is 11.7. The minimum Gasteiger partial charge on any atom is -0.494 e. The molecule has 1 aliphatic heterocycles. The highest BCUT2D eigenvalue weighted by atomic mass is 19.1. The van der Waals surface area contributed by atoms with Gasteiger partial charge in [-0.1, -0.05) is 0 Å². The molecule has 1 fully saturated rings. The predicted molar refractivity (Wildman–Crippen MR) is 157 cm³/mol. The molecule has 2 heterocycles. The van der Waals surface area contributed by atoms with Gasteiger partial charge in [0.1, 0.15) is 18.0 Å². The maximum absolute atomic E-state index is 14.8. The molecule has 4 rings (SSSR count). The molecular weight excluding hydrogens is 511 g/mol. The molecule has 3 aromatic rings. The third-order valence-corrected chi connectivity index (χ3v) is 6.86. The topological polar surface area (TPSA) is 67.4 Å². The van der Waals surface area contributed by atoms with Gasteiger partial charge in [0.15, 0.2) is 11.6 Å². The Morgan fingerprint density at radius 2 is 1.85 bits per heavy atom. The molecule has 8 nitrogen and oxygen atoms in total. The highest BCUT2D eigenvalue weighted by Crippen LogP contribution is 2.37. The van der Waals surface area contributed by atoms with Crippen molar-refractivity contribution in [2.45, 2.75) is 32.8 Å². The molecule has 1 atom stereocenters. The summed E-state index contributed by atoms with van der Waals surface area (Å²) in [6, 6.07) is 13.0. The number of hydrogen-bond acceptors (Lipinski definition) is 7. The smallest absolute Gasteiger partial charge is 0.410 e. The third kappa shape index (κ3) is 7.33. The van der Waals surface area contributed by atoms with Crippen LogP contribution in [0.2, 0.25) is 0 Å². The number of fused-ring (bicyclic) bond motifs is 1. The van der Waals surface area contributed by atoms with Crippen LogP contribution in [0.3, 0.4) is 0 Å². The largest absolute Gasteiger partial charge is 0.494 e. The zero-order valence-electron chi connectivity index (χ0n) is 24.7. The Kier molecular flexibility index (Phi) is 9.03. The molecule has 0 bridgehead atoms. The van der Waals surface area contributed by atoms with E-state index in [0.29, 0.717) is 30.3 Å². The maximum Gasteiger partial charge on any atom is 0.410 e. The Labute approximate surface area is 236 Å². The van der Waals surface area contributed by atoms with Crippen molar-refractivity contribution in [3.05, 3.63) is 48.3 Å². The van der Waals surface area contributed by atoms with Crippen LogP contribution in [-0.2, 0) is 4.74 Å². The standard InChI is InChI=1S/C31H41FN4O4/c1-31(2,3)40-30(37)35(6)14-15-39-23-10-8-22(9-11-23)26-17-28(36-13-12-21(20-36)19-34(4)5)24-16-25(32)29(38-7)18-27(24)33-26/h8-11,16-18,21H,12-15,19-20H2,1-7H3. The lowest BCUT2D eigenvalue weighted by Gasteiger charge is -2.24. The van der Waals surface area contributed by atoms with Gasteiger partial charge in [-0.2, -0.15) is 0 Å². The second-order valence-corrected chi connectivity index (χ2v) is 11.7. The molecule has 1 saturated heterocycles. The first-order valence-electron chi connectivity index (χ1n) is 13.7. The molecule has 1 amide bonds. The number of hydrogen-bond donors (Lipinski definition) is 0. The van der Waals surface area contributed by atoms with Gasteiger partial charge in [-0.05, 0) is 83.6 Å². The summed E-state index contributed by atoms with van der Waals surface area (Å²) in [4.78, 5) is 23.1. The number of ether oxygens (including phenoxy) is 3. The highest BCUT2D eigenvalue weighted by molar-refractivity contribution is 5.95. The van der Waals surface area contributed by atoms with Crippen LogP contribution in [0.1, 0.15) is 27.2 Å². The number of halogens is 1. The summed E-state index contributed by atoms with van der Waals surface area (Å²) in [5.41, 5.74) is 2.85. The first kappa shape index (κ1) is 29.4. The fourth-order valence-corrected chi connectivity index (χ4v) is 4.95. The molecule has 2 aromatic carbocycles. The van der Waals surface area contributed by atoms with Crippen LogP contribution in [0.15, 0.2) is 42.5 Å². The third-order valence-electron chi connectivity index (χ3n) is 6.86. The summed E-state index contributed by atoms with van der Waals surface area (Å²) in [6.45, 7) is 9.09. The molecule has 1 aliphatic rings. The number of methoxy groups -OCH3 is 1. The van der Waals surface area contributed by atoms with E-state index < -0.39 is 11.4 Å². The molecule has 9 heteroatoms. The van der Waals surface area contributed by atoms with Crippen molar-refractivity contribution in [1.29, 1.82) is 0 Å². The molecule has 0 N–H and O–H groups in total. The van der Waals surface area contributed by atoms with Gasteiger partial charge in [-0.3, -0.25) is 0 Å². The molecule has 216 valence electrons. The van der Waals surface area contributed by atoms with Crippen LogP contribution >= 0.6 is 0 Å². The number of nitrogens with zero attached hydrogens (tertiary/aromatic N) is 4. The van der Waals surface area contributed by atoms with Crippen molar-refractivity contribution in [2.75, 3.05) is 65.9 Å². The van der Waals surface area contributed by atoms with Crippen LogP contribution in [-0.4, -0.2) is 87.5 Å². The number of aromatic nitrogens is 1. The SMILES string of the molecule is COc1cc2nc(-c3ccc(OCCN(C)C(=O)OC(C)(C)C)cc3)cc(N3CCC(CN(C)C)C3)c2cc1F. The molecule has 40 heavy (non-hydrogen) atoms. The maximum atomic E-state index is 14.8. The van der Waals surface area contributed by atoms with E-state index in [4.69, 9.17) is 19.2 Å². The minimum absolute atomic E-state index is 0.176. The number of carbonyl (C=O) groups excluding carboxylic acids is 1. The van der Waals surface area contributed by atoms with Crippen molar-refractivity contribution < 1.29 is 23.4 Å². The van der Waals surface area contributed by atoms with E-state index in [0.717, 1.165) is 48.4 Å². The number of anilines is 1. The summed E-state index contributed by atoms with van der Waals surface area (Å²) in [7, 11) is 7.34.